The van der Waals surface area contributed by atoms with Crippen LogP contribution in [0.3, 0.4) is 0 Å². The van der Waals surface area contributed by atoms with Crippen molar-refractivity contribution in [3.8, 4) is 17.2 Å². The first kappa shape index (κ1) is 43.3. The average Bonchev–Trinajstić information content (AvgIpc) is 3.88. The number of nitrogens with one attached hydrogen (secondary N) is 1. The SMILES string of the molecule is C=C(NCCC)c1cn2c3c(c(N4CCCC4)c(F)cc3c1=O)Oc1cc3c(cc1-2)oc1ccccc13.CC.CCCCCC.CN1CCN(CCC(N)=O)CC1. The van der Waals surface area contributed by atoms with Crippen molar-refractivity contribution in [3.63, 3.8) is 0 Å². The molecule has 1 amide bonds. The first-order valence-electron chi connectivity index (χ1n) is 21.1. The van der Waals surface area contributed by atoms with Crippen LogP contribution in [0.2, 0.25) is 0 Å². The zero-order valence-electron chi connectivity index (χ0n) is 35.0. The Kier molecular flexibility index (Phi) is 15.6. The second-order valence-corrected chi connectivity index (χ2v) is 14.9. The van der Waals surface area contributed by atoms with Crippen molar-refractivity contribution in [2.45, 2.75) is 86.0 Å². The number of ether oxygens (including phenoxy) is 1. The Morgan fingerprint density at radius 3 is 2.23 bits per heavy atom. The van der Waals surface area contributed by atoms with Gasteiger partial charge in [0.15, 0.2) is 22.7 Å². The third kappa shape index (κ3) is 9.99. The molecule has 3 aromatic carbocycles. The minimum atomic E-state index is -0.449. The lowest BCUT2D eigenvalue weighted by molar-refractivity contribution is -0.118. The molecule has 8 rings (SSSR count). The fourth-order valence-electron chi connectivity index (χ4n) is 7.48. The highest BCUT2D eigenvalue weighted by Gasteiger charge is 2.31. The van der Waals surface area contributed by atoms with Gasteiger partial charge in [-0.05, 0) is 44.5 Å². The molecule has 0 bridgehead atoms. The molecule has 0 unspecified atom stereocenters. The van der Waals surface area contributed by atoms with Gasteiger partial charge >= 0.3 is 0 Å². The molecule has 0 aliphatic carbocycles. The molecule has 0 radical (unpaired) electrons. The summed E-state index contributed by atoms with van der Waals surface area (Å²) in [5.74, 6) is 0.317. The minimum Gasteiger partial charge on any atom is -0.456 e. The summed E-state index contributed by atoms with van der Waals surface area (Å²) in [5, 5.41) is 5.39. The highest BCUT2D eigenvalue weighted by atomic mass is 19.1. The van der Waals surface area contributed by atoms with Crippen LogP contribution in [0.15, 0.2) is 64.5 Å². The number of nitrogens with zero attached hydrogens (tertiary/aromatic N) is 4. The van der Waals surface area contributed by atoms with Gasteiger partial charge in [-0.2, -0.15) is 0 Å². The molecule has 2 fully saturated rings. The largest absolute Gasteiger partial charge is 0.456 e. The van der Waals surface area contributed by atoms with Gasteiger partial charge in [0.1, 0.15) is 22.4 Å². The van der Waals surface area contributed by atoms with Gasteiger partial charge in [0.25, 0.3) is 0 Å². The third-order valence-corrected chi connectivity index (χ3v) is 10.7. The van der Waals surface area contributed by atoms with Gasteiger partial charge < -0.3 is 39.5 Å². The first-order chi connectivity index (χ1) is 27.6. The van der Waals surface area contributed by atoms with Gasteiger partial charge in [-0.15, -0.1) is 0 Å². The second kappa shape index (κ2) is 20.5. The van der Waals surface area contributed by atoms with Crippen molar-refractivity contribution < 1.29 is 18.3 Å². The summed E-state index contributed by atoms with van der Waals surface area (Å²) in [7, 11) is 2.12. The molecule has 3 aliphatic heterocycles. The van der Waals surface area contributed by atoms with Crippen LogP contribution >= 0.6 is 0 Å². The minimum absolute atomic E-state index is 0.200. The number of furan rings is 1. The lowest BCUT2D eigenvalue weighted by Gasteiger charge is -2.31. The number of carbonyl (C=O) groups is 1. The Morgan fingerprint density at radius 2 is 1.58 bits per heavy atom. The molecular formula is C46H63FN6O4. The maximum absolute atomic E-state index is 15.8. The van der Waals surface area contributed by atoms with Gasteiger partial charge in [0.2, 0.25) is 5.91 Å². The summed E-state index contributed by atoms with van der Waals surface area (Å²) in [4.78, 5) is 30.7. The topological polar surface area (TPSA) is 109 Å². The highest BCUT2D eigenvalue weighted by molar-refractivity contribution is 6.07. The van der Waals surface area contributed by atoms with E-state index in [9.17, 15) is 9.59 Å². The molecule has 3 N–H and O–H groups in total. The number of piperazine rings is 1. The van der Waals surface area contributed by atoms with Crippen molar-refractivity contribution in [1.82, 2.24) is 19.7 Å². The lowest BCUT2D eigenvalue weighted by Crippen LogP contribution is -2.45. The summed E-state index contributed by atoms with van der Waals surface area (Å²) in [6.45, 7) is 21.9. The number of nitrogens with two attached hydrogens (primary N) is 1. The fraction of sp³-hybridized carbons (Fsp3) is 0.478. The smallest absolute Gasteiger partial charge is 0.218 e. The average molecular weight is 783 g/mol. The quantitative estimate of drug-likeness (QED) is 0.125. The maximum atomic E-state index is 15.8. The molecule has 5 aromatic rings. The number of fused-ring (bicyclic) bond motifs is 5. The van der Waals surface area contributed by atoms with Crippen LogP contribution in [0.25, 0.3) is 44.2 Å². The summed E-state index contributed by atoms with van der Waals surface area (Å²) in [6.07, 6.45) is 10.7. The van der Waals surface area contributed by atoms with E-state index in [2.05, 4.69) is 42.6 Å². The number of rotatable bonds is 11. The number of primary amides is 1. The standard InChI is InChI=1S/C30H26FN3O3.C8H17N3O.C6H14.C2H6/c1-3-10-32-17(2)21-16-34-23-15-25-19(18-8-4-5-9-24(18)36-25)14-26(23)37-30-27(34)20(29(21)35)13-22(31)28(30)33-11-6-7-12-33;1-10-4-6-11(7-5-10)3-2-8(9)12;1-3-5-6-4-2;1-2/h4-5,8-9,13-16,32H,2-3,6-7,10-12H2,1H3;2-7H2,1H3,(H2,9,12);3-6H2,1-2H3;1-2H3. The number of likely N-dealkylation sites (N-methyl/N-ethyl adjacent to an activating group) is 1. The van der Waals surface area contributed by atoms with Gasteiger partial charge in [0.05, 0.1) is 16.6 Å². The van der Waals surface area contributed by atoms with Gasteiger partial charge in [-0.25, -0.2) is 4.39 Å². The van der Waals surface area contributed by atoms with E-state index >= 15 is 4.39 Å². The number of halogens is 1. The van der Waals surface area contributed by atoms with E-state index in [0.717, 1.165) is 87.1 Å². The van der Waals surface area contributed by atoms with E-state index in [1.54, 1.807) is 6.20 Å². The van der Waals surface area contributed by atoms with E-state index < -0.39 is 5.82 Å². The monoisotopic (exact) mass is 782 g/mol. The van der Waals surface area contributed by atoms with E-state index in [0.29, 0.717) is 52.5 Å². The molecule has 57 heavy (non-hydrogen) atoms. The predicted molar refractivity (Wildman–Crippen MR) is 235 cm³/mol. The van der Waals surface area contributed by atoms with Gasteiger partial charge in [0, 0.05) is 87.5 Å². The number of para-hydroxylation sites is 1. The van der Waals surface area contributed by atoms with Crippen LogP contribution in [-0.2, 0) is 4.79 Å². The first-order valence-corrected chi connectivity index (χ1v) is 21.1. The molecule has 5 heterocycles. The zero-order valence-corrected chi connectivity index (χ0v) is 35.0. The summed E-state index contributed by atoms with van der Waals surface area (Å²) in [5.41, 5.74) is 8.90. The number of unbranched alkanes of at least 4 members (excludes halogenated alkanes) is 3. The van der Waals surface area contributed by atoms with E-state index in [-0.39, 0.29) is 16.7 Å². The van der Waals surface area contributed by atoms with Crippen LogP contribution in [0, 0.1) is 5.82 Å². The number of carbonyl (C=O) groups excluding carboxylic acids is 1. The van der Waals surface area contributed by atoms with Crippen molar-refractivity contribution >= 4 is 50.1 Å². The molecule has 2 saturated heterocycles. The van der Waals surface area contributed by atoms with Crippen LogP contribution in [-0.4, -0.2) is 79.7 Å². The Hall–Kier alpha value is -4.87. The zero-order chi connectivity index (χ0) is 41.1. The molecule has 0 spiro atoms. The second-order valence-electron chi connectivity index (χ2n) is 14.9. The van der Waals surface area contributed by atoms with E-state index in [1.165, 1.54) is 31.7 Å². The molecule has 11 heteroatoms. The number of hydrogen-bond donors (Lipinski definition) is 2. The van der Waals surface area contributed by atoms with Gasteiger partial charge in [-0.3, -0.25) is 9.59 Å². The molecule has 0 saturated carbocycles. The van der Waals surface area contributed by atoms with Crippen LogP contribution in [0.1, 0.15) is 91.5 Å². The number of hydrogen-bond acceptors (Lipinski definition) is 8. The Labute approximate surface area is 337 Å². The predicted octanol–water partition coefficient (Wildman–Crippen LogP) is 9.43. The number of aromatic nitrogens is 1. The van der Waals surface area contributed by atoms with Crippen LogP contribution in [0.4, 0.5) is 10.1 Å². The Bertz CT molecular complexity index is 2190. The summed E-state index contributed by atoms with van der Waals surface area (Å²) < 4.78 is 30.3. The van der Waals surface area contributed by atoms with Crippen molar-refractivity contribution in [2.24, 2.45) is 5.73 Å². The van der Waals surface area contributed by atoms with Crippen molar-refractivity contribution in [1.29, 1.82) is 0 Å². The fourth-order valence-corrected chi connectivity index (χ4v) is 7.48. The molecule has 10 nitrogen and oxygen atoms in total. The number of pyridine rings is 1. The van der Waals surface area contributed by atoms with Gasteiger partial charge in [-0.1, -0.05) is 85.1 Å². The molecular weight excluding hydrogens is 720 g/mol. The number of benzene rings is 3. The number of amides is 1. The molecule has 2 aromatic heterocycles. The normalized spacial score (nSPS) is 14.8. The number of anilines is 1. The Morgan fingerprint density at radius 1 is 0.895 bits per heavy atom. The Balaban J connectivity index is 0.000000258. The highest BCUT2D eigenvalue weighted by Crippen LogP contribution is 2.49. The maximum Gasteiger partial charge on any atom is 0.218 e. The van der Waals surface area contributed by atoms with Crippen LogP contribution < -0.4 is 26.1 Å². The molecule has 0 atom stereocenters. The van der Waals surface area contributed by atoms with E-state index in [4.69, 9.17) is 14.9 Å². The van der Waals surface area contributed by atoms with E-state index in [1.807, 2.05) is 66.6 Å². The molecule has 3 aliphatic rings. The third-order valence-electron chi connectivity index (χ3n) is 10.7. The molecule has 308 valence electrons. The summed E-state index contributed by atoms with van der Waals surface area (Å²) in [6, 6.07) is 13.1. The lowest BCUT2D eigenvalue weighted by atomic mass is 10.0. The van der Waals surface area contributed by atoms with Crippen molar-refractivity contribution in [2.75, 3.05) is 64.3 Å². The van der Waals surface area contributed by atoms with Crippen LogP contribution in [0.5, 0.6) is 11.5 Å². The summed E-state index contributed by atoms with van der Waals surface area (Å²) >= 11 is 0. The van der Waals surface area contributed by atoms with Crippen molar-refractivity contribution in [3.05, 3.63) is 76.8 Å².